The SMILES string of the molecule is COC(=O)Cc1ccccc1C#CCNC(=O)OC(C)(C)C. The van der Waals surface area contributed by atoms with E-state index in [0.29, 0.717) is 0 Å². The summed E-state index contributed by atoms with van der Waals surface area (Å²) >= 11 is 0. The standard InChI is InChI=1S/C17H21NO4/c1-17(2,3)22-16(20)18-11-7-10-13-8-5-6-9-14(13)12-15(19)21-4/h5-6,8-9H,11-12H2,1-4H3,(H,18,20). The Kier molecular flexibility index (Phi) is 6.46. The fourth-order valence-corrected chi connectivity index (χ4v) is 1.59. The van der Waals surface area contributed by atoms with Crippen LogP contribution in [0.1, 0.15) is 31.9 Å². The lowest BCUT2D eigenvalue weighted by molar-refractivity contribution is -0.139. The van der Waals surface area contributed by atoms with Gasteiger partial charge in [-0.25, -0.2) is 4.79 Å². The molecule has 0 aromatic heterocycles. The molecule has 1 N–H and O–H groups in total. The van der Waals surface area contributed by atoms with Crippen LogP contribution in [0.5, 0.6) is 0 Å². The summed E-state index contributed by atoms with van der Waals surface area (Å²) in [6.45, 7) is 5.55. The molecule has 118 valence electrons. The van der Waals surface area contributed by atoms with Crippen LogP contribution in [0.3, 0.4) is 0 Å². The molecule has 0 bridgehead atoms. The normalized spacial score (nSPS) is 10.2. The van der Waals surface area contributed by atoms with Crippen molar-refractivity contribution in [1.29, 1.82) is 0 Å². The summed E-state index contributed by atoms with van der Waals surface area (Å²) in [6.07, 6.45) is -0.342. The molecule has 0 aliphatic rings. The van der Waals surface area contributed by atoms with Crippen molar-refractivity contribution in [1.82, 2.24) is 5.32 Å². The van der Waals surface area contributed by atoms with Gasteiger partial charge in [-0.05, 0) is 32.4 Å². The van der Waals surface area contributed by atoms with Gasteiger partial charge in [-0.15, -0.1) is 0 Å². The summed E-state index contributed by atoms with van der Waals surface area (Å²) < 4.78 is 9.75. The van der Waals surface area contributed by atoms with Gasteiger partial charge in [0.15, 0.2) is 0 Å². The topological polar surface area (TPSA) is 64.6 Å². The van der Waals surface area contributed by atoms with E-state index < -0.39 is 11.7 Å². The van der Waals surface area contributed by atoms with Gasteiger partial charge in [0, 0.05) is 5.56 Å². The molecule has 0 unspecified atom stereocenters. The van der Waals surface area contributed by atoms with Crippen molar-refractivity contribution >= 4 is 12.1 Å². The van der Waals surface area contributed by atoms with Gasteiger partial charge in [-0.2, -0.15) is 0 Å². The average Bonchev–Trinajstić information content (AvgIpc) is 2.43. The summed E-state index contributed by atoms with van der Waals surface area (Å²) in [5, 5.41) is 2.55. The van der Waals surface area contributed by atoms with Gasteiger partial charge in [-0.1, -0.05) is 30.0 Å². The number of hydrogen-bond donors (Lipinski definition) is 1. The second-order valence-corrected chi connectivity index (χ2v) is 5.57. The number of rotatable bonds is 3. The fraction of sp³-hybridized carbons (Fsp3) is 0.412. The lowest BCUT2D eigenvalue weighted by Gasteiger charge is -2.19. The Bertz CT molecular complexity index is 591. The first-order valence-electron chi connectivity index (χ1n) is 6.92. The van der Waals surface area contributed by atoms with E-state index in [2.05, 4.69) is 21.9 Å². The molecule has 0 aliphatic carbocycles. The number of nitrogens with one attached hydrogen (secondary N) is 1. The maximum Gasteiger partial charge on any atom is 0.408 e. The molecule has 5 heteroatoms. The van der Waals surface area contributed by atoms with Crippen LogP contribution in [-0.2, 0) is 20.7 Å². The monoisotopic (exact) mass is 303 g/mol. The number of esters is 1. The predicted molar refractivity (Wildman–Crippen MR) is 83.3 cm³/mol. The minimum absolute atomic E-state index is 0.168. The van der Waals surface area contributed by atoms with E-state index in [1.807, 2.05) is 24.3 Å². The maximum atomic E-state index is 11.5. The first-order valence-corrected chi connectivity index (χ1v) is 6.92. The van der Waals surface area contributed by atoms with Crippen LogP contribution >= 0.6 is 0 Å². The molecule has 0 aliphatic heterocycles. The van der Waals surface area contributed by atoms with Crippen molar-refractivity contribution < 1.29 is 19.1 Å². The number of amides is 1. The third kappa shape index (κ3) is 6.80. The molecule has 0 radical (unpaired) electrons. The van der Waals surface area contributed by atoms with E-state index in [0.717, 1.165) is 11.1 Å². The number of carbonyl (C=O) groups excluding carboxylic acids is 2. The zero-order valence-corrected chi connectivity index (χ0v) is 13.4. The maximum absolute atomic E-state index is 11.5. The predicted octanol–water partition coefficient (Wildman–Crippen LogP) is 2.28. The Morgan fingerprint density at radius 2 is 1.91 bits per heavy atom. The third-order valence-electron chi connectivity index (χ3n) is 2.52. The molecule has 0 heterocycles. The fourth-order valence-electron chi connectivity index (χ4n) is 1.59. The molecule has 1 aromatic rings. The van der Waals surface area contributed by atoms with Crippen LogP contribution in [0.4, 0.5) is 4.79 Å². The van der Waals surface area contributed by atoms with Gasteiger partial charge in [0.2, 0.25) is 0 Å². The quantitative estimate of drug-likeness (QED) is 0.687. The van der Waals surface area contributed by atoms with Gasteiger partial charge in [-0.3, -0.25) is 4.79 Å². The first kappa shape index (κ1) is 17.6. The van der Waals surface area contributed by atoms with Crippen LogP contribution in [0.2, 0.25) is 0 Å². The zero-order valence-electron chi connectivity index (χ0n) is 13.4. The number of hydrogen-bond acceptors (Lipinski definition) is 4. The highest BCUT2D eigenvalue weighted by Gasteiger charge is 2.15. The molecule has 22 heavy (non-hydrogen) atoms. The summed E-state index contributed by atoms with van der Waals surface area (Å²) in [5.74, 6) is 5.45. The highest BCUT2D eigenvalue weighted by atomic mass is 16.6. The van der Waals surface area contributed by atoms with Crippen LogP contribution in [0, 0.1) is 11.8 Å². The molecule has 0 saturated heterocycles. The Hall–Kier alpha value is -2.48. The van der Waals surface area contributed by atoms with Crippen LogP contribution < -0.4 is 5.32 Å². The van der Waals surface area contributed by atoms with Gasteiger partial charge in [0.25, 0.3) is 0 Å². The number of alkyl carbamates (subject to hydrolysis) is 1. The summed E-state index contributed by atoms with van der Waals surface area (Å²) in [6, 6.07) is 7.31. The molecule has 1 amide bonds. The van der Waals surface area contributed by atoms with E-state index in [1.165, 1.54) is 7.11 Å². The highest BCUT2D eigenvalue weighted by Crippen LogP contribution is 2.09. The van der Waals surface area contributed by atoms with E-state index in [4.69, 9.17) is 4.74 Å². The van der Waals surface area contributed by atoms with E-state index in [9.17, 15) is 9.59 Å². The lowest BCUT2D eigenvalue weighted by atomic mass is 10.1. The number of benzene rings is 1. The molecule has 1 aromatic carbocycles. The van der Waals surface area contributed by atoms with Gasteiger partial charge in [0.1, 0.15) is 5.60 Å². The second-order valence-electron chi connectivity index (χ2n) is 5.57. The van der Waals surface area contributed by atoms with Crippen molar-refractivity contribution in [2.75, 3.05) is 13.7 Å². The number of carbonyl (C=O) groups is 2. The van der Waals surface area contributed by atoms with Crippen molar-refractivity contribution in [3.8, 4) is 11.8 Å². The van der Waals surface area contributed by atoms with Crippen molar-refractivity contribution in [2.45, 2.75) is 32.8 Å². The van der Waals surface area contributed by atoms with Crippen molar-refractivity contribution in [2.24, 2.45) is 0 Å². The second kappa shape index (κ2) is 8.08. The molecule has 1 rings (SSSR count). The van der Waals surface area contributed by atoms with E-state index in [-0.39, 0.29) is 18.9 Å². The molecule has 0 atom stereocenters. The Morgan fingerprint density at radius 1 is 1.23 bits per heavy atom. The summed E-state index contributed by atoms with van der Waals surface area (Å²) in [5.41, 5.74) is 0.989. The van der Waals surface area contributed by atoms with Gasteiger partial charge in [0.05, 0.1) is 20.1 Å². The largest absolute Gasteiger partial charge is 0.469 e. The molecule has 0 fully saturated rings. The molecule has 5 nitrogen and oxygen atoms in total. The zero-order chi connectivity index (χ0) is 16.6. The summed E-state index contributed by atoms with van der Waals surface area (Å²) in [4.78, 5) is 22.8. The Morgan fingerprint density at radius 3 is 2.55 bits per heavy atom. The Labute approximate surface area is 131 Å². The summed E-state index contributed by atoms with van der Waals surface area (Å²) in [7, 11) is 1.35. The third-order valence-corrected chi connectivity index (χ3v) is 2.52. The van der Waals surface area contributed by atoms with E-state index in [1.54, 1.807) is 20.8 Å². The Balaban J connectivity index is 2.61. The molecule has 0 spiro atoms. The molecule has 0 saturated carbocycles. The minimum atomic E-state index is -0.537. The van der Waals surface area contributed by atoms with Crippen molar-refractivity contribution in [3.05, 3.63) is 35.4 Å². The van der Waals surface area contributed by atoms with Crippen molar-refractivity contribution in [3.63, 3.8) is 0 Å². The minimum Gasteiger partial charge on any atom is -0.469 e. The van der Waals surface area contributed by atoms with Gasteiger partial charge < -0.3 is 14.8 Å². The van der Waals surface area contributed by atoms with Crippen LogP contribution in [0.25, 0.3) is 0 Å². The molecular formula is C17H21NO4. The highest BCUT2D eigenvalue weighted by molar-refractivity contribution is 5.73. The smallest absolute Gasteiger partial charge is 0.408 e. The lowest BCUT2D eigenvalue weighted by Crippen LogP contribution is -2.32. The first-order chi connectivity index (χ1) is 10.3. The van der Waals surface area contributed by atoms with Crippen LogP contribution in [0.15, 0.2) is 24.3 Å². The number of ether oxygens (including phenoxy) is 2. The molecular weight excluding hydrogens is 282 g/mol. The van der Waals surface area contributed by atoms with Gasteiger partial charge >= 0.3 is 12.1 Å². The van der Waals surface area contributed by atoms with Crippen LogP contribution in [-0.4, -0.2) is 31.3 Å². The van der Waals surface area contributed by atoms with E-state index >= 15 is 0 Å². The average molecular weight is 303 g/mol. The number of methoxy groups -OCH3 is 1.